The molecule has 0 N–H and O–H groups in total. The van der Waals surface area contributed by atoms with Gasteiger partial charge in [0.1, 0.15) is 11.6 Å². The molecule has 142 valence electrons. The topological polar surface area (TPSA) is 39.9 Å². The minimum absolute atomic E-state index is 0.231. The lowest BCUT2D eigenvalue weighted by molar-refractivity contribution is 0.210. The van der Waals surface area contributed by atoms with Gasteiger partial charge in [-0.25, -0.2) is 4.39 Å². The third-order valence-electron chi connectivity index (χ3n) is 4.12. The highest BCUT2D eigenvalue weighted by molar-refractivity contribution is 7.98. The number of halogens is 2. The Bertz CT molecular complexity index is 931. The summed E-state index contributed by atoms with van der Waals surface area (Å²) in [5, 5.41) is 10.1. The number of hydrogen-bond acceptors (Lipinski definition) is 4. The van der Waals surface area contributed by atoms with Crippen LogP contribution in [-0.4, -0.2) is 14.8 Å². The van der Waals surface area contributed by atoms with Crippen molar-refractivity contribution in [3.63, 3.8) is 0 Å². The molecule has 1 atom stereocenters. The smallest absolute Gasteiger partial charge is 0.191 e. The maximum Gasteiger partial charge on any atom is 0.191 e. The van der Waals surface area contributed by atoms with E-state index in [1.165, 1.54) is 23.9 Å². The Morgan fingerprint density at radius 2 is 2.04 bits per heavy atom. The van der Waals surface area contributed by atoms with Crippen molar-refractivity contribution < 1.29 is 9.13 Å². The number of thioether (sulfide) groups is 1. The van der Waals surface area contributed by atoms with Crippen LogP contribution in [0.4, 0.5) is 4.39 Å². The van der Waals surface area contributed by atoms with Crippen molar-refractivity contribution in [1.29, 1.82) is 0 Å². The van der Waals surface area contributed by atoms with Crippen molar-refractivity contribution in [3.05, 3.63) is 70.3 Å². The molecule has 3 aromatic rings. The van der Waals surface area contributed by atoms with E-state index in [1.807, 2.05) is 49.6 Å². The van der Waals surface area contributed by atoms with Gasteiger partial charge in [-0.15, -0.1) is 10.2 Å². The van der Waals surface area contributed by atoms with Crippen LogP contribution in [0.25, 0.3) is 0 Å². The van der Waals surface area contributed by atoms with Crippen LogP contribution < -0.4 is 4.74 Å². The van der Waals surface area contributed by atoms with E-state index in [0.29, 0.717) is 10.8 Å². The van der Waals surface area contributed by atoms with Crippen LogP contribution in [0.5, 0.6) is 5.75 Å². The second kappa shape index (κ2) is 8.76. The summed E-state index contributed by atoms with van der Waals surface area (Å²) in [5.41, 5.74) is 1.87. The van der Waals surface area contributed by atoms with E-state index in [0.717, 1.165) is 34.4 Å². The van der Waals surface area contributed by atoms with E-state index in [4.69, 9.17) is 16.3 Å². The molecule has 1 unspecified atom stereocenters. The highest BCUT2D eigenvalue weighted by atomic mass is 35.5. The average molecular weight is 406 g/mol. The van der Waals surface area contributed by atoms with Gasteiger partial charge in [0, 0.05) is 17.3 Å². The molecule has 3 rings (SSSR count). The van der Waals surface area contributed by atoms with E-state index in [1.54, 1.807) is 6.07 Å². The molecule has 7 heteroatoms. The molecular formula is C20H21ClFN3OS. The molecule has 1 aromatic heterocycles. The highest BCUT2D eigenvalue weighted by Crippen LogP contribution is 2.28. The fourth-order valence-electron chi connectivity index (χ4n) is 2.73. The maximum atomic E-state index is 13.3. The number of rotatable bonds is 7. The summed E-state index contributed by atoms with van der Waals surface area (Å²) >= 11 is 7.60. The van der Waals surface area contributed by atoms with Crippen molar-refractivity contribution in [3.8, 4) is 5.75 Å². The van der Waals surface area contributed by atoms with Gasteiger partial charge < -0.3 is 9.30 Å². The first-order valence-electron chi connectivity index (χ1n) is 8.71. The van der Waals surface area contributed by atoms with Crippen LogP contribution in [0.2, 0.25) is 5.02 Å². The van der Waals surface area contributed by atoms with Crippen LogP contribution in [0.3, 0.4) is 0 Å². The fraction of sp³-hybridized carbons (Fsp3) is 0.300. The van der Waals surface area contributed by atoms with Gasteiger partial charge >= 0.3 is 0 Å². The first kappa shape index (κ1) is 19.7. The molecule has 0 fully saturated rings. The van der Waals surface area contributed by atoms with E-state index in [-0.39, 0.29) is 11.9 Å². The largest absolute Gasteiger partial charge is 0.483 e. The number of aryl methyl sites for hydroxylation is 1. The Balaban J connectivity index is 1.73. The normalized spacial score (nSPS) is 12.2. The van der Waals surface area contributed by atoms with Crippen LogP contribution >= 0.6 is 23.4 Å². The van der Waals surface area contributed by atoms with E-state index in [2.05, 4.69) is 10.2 Å². The lowest BCUT2D eigenvalue weighted by atomic mass is 10.2. The van der Waals surface area contributed by atoms with Gasteiger partial charge in [0.2, 0.25) is 0 Å². The summed E-state index contributed by atoms with van der Waals surface area (Å²) in [5.74, 6) is 1.89. The summed E-state index contributed by atoms with van der Waals surface area (Å²) in [4.78, 5) is 0. The molecule has 0 aliphatic carbocycles. The molecule has 0 amide bonds. The molecule has 0 spiro atoms. The summed E-state index contributed by atoms with van der Waals surface area (Å²) in [6, 6.07) is 12.2. The lowest BCUT2D eigenvalue weighted by Gasteiger charge is -2.16. The molecule has 0 aliphatic rings. The highest BCUT2D eigenvalue weighted by Gasteiger charge is 2.19. The molecular weight excluding hydrogens is 385 g/mol. The third-order valence-corrected chi connectivity index (χ3v) is 5.59. The zero-order valence-corrected chi connectivity index (χ0v) is 17.0. The Labute approximate surface area is 167 Å². The second-order valence-electron chi connectivity index (χ2n) is 6.17. The Hall–Kier alpha value is -2.05. The number of aromatic nitrogens is 3. The van der Waals surface area contributed by atoms with E-state index >= 15 is 0 Å². The van der Waals surface area contributed by atoms with Crippen molar-refractivity contribution in [2.75, 3.05) is 0 Å². The number of ether oxygens (including phenoxy) is 1. The fourth-order valence-corrected chi connectivity index (χ4v) is 3.80. The van der Waals surface area contributed by atoms with Crippen LogP contribution in [0, 0.1) is 12.7 Å². The minimum atomic E-state index is -0.262. The maximum absolute atomic E-state index is 13.3. The Kier molecular flexibility index (Phi) is 6.39. The van der Waals surface area contributed by atoms with Gasteiger partial charge in [0.15, 0.2) is 17.1 Å². The molecule has 1 heterocycles. The predicted octanol–water partition coefficient (Wildman–Crippen LogP) is 5.83. The van der Waals surface area contributed by atoms with Crippen molar-refractivity contribution in [2.24, 2.45) is 0 Å². The van der Waals surface area contributed by atoms with Crippen LogP contribution in [-0.2, 0) is 12.3 Å². The Morgan fingerprint density at radius 3 is 2.74 bits per heavy atom. The minimum Gasteiger partial charge on any atom is -0.483 e. The molecule has 0 aliphatic heterocycles. The lowest BCUT2D eigenvalue weighted by Crippen LogP contribution is -2.12. The first-order valence-corrected chi connectivity index (χ1v) is 10.1. The molecule has 0 bridgehead atoms. The van der Waals surface area contributed by atoms with Gasteiger partial charge in [-0.1, -0.05) is 35.5 Å². The molecule has 2 aromatic carbocycles. The summed E-state index contributed by atoms with van der Waals surface area (Å²) in [7, 11) is 0. The zero-order chi connectivity index (χ0) is 19.4. The first-order chi connectivity index (χ1) is 13.0. The van der Waals surface area contributed by atoms with Gasteiger partial charge in [-0.2, -0.15) is 0 Å². The van der Waals surface area contributed by atoms with Crippen molar-refractivity contribution in [1.82, 2.24) is 14.8 Å². The van der Waals surface area contributed by atoms with Crippen LogP contribution in [0.1, 0.15) is 36.9 Å². The molecule has 0 saturated carbocycles. The van der Waals surface area contributed by atoms with Gasteiger partial charge in [-0.05, 0) is 62.2 Å². The van der Waals surface area contributed by atoms with E-state index in [9.17, 15) is 4.39 Å². The zero-order valence-electron chi connectivity index (χ0n) is 15.4. The molecule has 4 nitrogen and oxygen atoms in total. The summed E-state index contributed by atoms with van der Waals surface area (Å²) < 4.78 is 21.4. The number of nitrogens with zero attached hydrogens (tertiary/aromatic N) is 3. The van der Waals surface area contributed by atoms with Crippen molar-refractivity contribution in [2.45, 2.75) is 44.3 Å². The number of hydrogen-bond donors (Lipinski definition) is 0. The SMILES string of the molecule is CCn1c(SCc2cccc(F)c2)nnc1C(C)Oc1ccc(Cl)c(C)c1. The van der Waals surface area contributed by atoms with Crippen molar-refractivity contribution >= 4 is 23.4 Å². The summed E-state index contributed by atoms with van der Waals surface area (Å²) in [6.07, 6.45) is -0.262. The molecule has 0 radical (unpaired) electrons. The molecule has 0 saturated heterocycles. The third kappa shape index (κ3) is 4.82. The number of benzene rings is 2. The van der Waals surface area contributed by atoms with E-state index < -0.39 is 0 Å². The average Bonchev–Trinajstić information content (AvgIpc) is 3.06. The molecule has 27 heavy (non-hydrogen) atoms. The predicted molar refractivity (Wildman–Crippen MR) is 107 cm³/mol. The summed E-state index contributed by atoms with van der Waals surface area (Å²) in [6.45, 7) is 6.65. The Morgan fingerprint density at radius 1 is 1.22 bits per heavy atom. The second-order valence-corrected chi connectivity index (χ2v) is 7.52. The van der Waals surface area contributed by atoms with Gasteiger partial charge in [0.05, 0.1) is 0 Å². The quantitative estimate of drug-likeness (QED) is 0.463. The van der Waals surface area contributed by atoms with Gasteiger partial charge in [0.25, 0.3) is 0 Å². The standard InChI is InChI=1S/C20H21ClFN3OS/c1-4-25-19(14(3)26-17-8-9-18(21)13(2)10-17)23-24-20(25)27-12-15-6-5-7-16(22)11-15/h5-11,14H,4,12H2,1-3H3. The monoisotopic (exact) mass is 405 g/mol. The van der Waals surface area contributed by atoms with Gasteiger partial charge in [-0.3, -0.25) is 0 Å². The van der Waals surface area contributed by atoms with Crippen LogP contribution in [0.15, 0.2) is 47.6 Å².